The van der Waals surface area contributed by atoms with E-state index in [-0.39, 0.29) is 6.10 Å². The first-order chi connectivity index (χ1) is 14.8. The third kappa shape index (κ3) is 4.70. The average Bonchev–Trinajstić information content (AvgIpc) is 3.32. The fraction of sp³-hybridized carbons (Fsp3) is 0.286. The minimum atomic E-state index is -0.650. The highest BCUT2D eigenvalue weighted by Crippen LogP contribution is 2.43. The monoisotopic (exact) mass is 508 g/mol. The Balaban J connectivity index is 1.85. The lowest BCUT2D eigenvalue weighted by Gasteiger charge is -2.39. The first kappa shape index (κ1) is 21.3. The highest BCUT2D eigenvalue weighted by atomic mass is 127. The first-order valence-electron chi connectivity index (χ1n) is 10.9. The lowest BCUT2D eigenvalue weighted by molar-refractivity contribution is -0.0336. The van der Waals surface area contributed by atoms with Crippen LogP contribution in [0.2, 0.25) is 0 Å². The molecule has 0 N–H and O–H groups in total. The third-order valence-corrected chi connectivity index (χ3v) is 6.61. The Morgan fingerprint density at radius 2 is 1.20 bits per heavy atom. The maximum absolute atomic E-state index is 7.21. The van der Waals surface area contributed by atoms with Crippen molar-refractivity contribution in [1.29, 1.82) is 0 Å². The smallest absolute Gasteiger partial charge is 0.144 e. The first-order valence-corrected chi connectivity index (χ1v) is 12.2. The van der Waals surface area contributed by atoms with Gasteiger partial charge in [-0.3, -0.25) is 0 Å². The molecule has 1 saturated carbocycles. The summed E-state index contributed by atoms with van der Waals surface area (Å²) in [6, 6.07) is 32.1. The largest absolute Gasteiger partial charge is 0.354 e. The Hall–Kier alpha value is -1.91. The second-order valence-electron chi connectivity index (χ2n) is 8.14. The van der Waals surface area contributed by atoms with Crippen LogP contribution in [-0.2, 0) is 10.3 Å². The lowest BCUT2D eigenvalue weighted by Crippen LogP contribution is -2.37. The van der Waals surface area contributed by atoms with Crippen LogP contribution in [-0.4, -0.2) is 6.10 Å². The van der Waals surface area contributed by atoms with Crippen molar-refractivity contribution < 1.29 is 4.74 Å². The van der Waals surface area contributed by atoms with Gasteiger partial charge in [0.15, 0.2) is 0 Å². The molecule has 30 heavy (non-hydrogen) atoms. The van der Waals surface area contributed by atoms with Crippen molar-refractivity contribution in [3.63, 3.8) is 0 Å². The molecule has 1 unspecified atom stereocenters. The zero-order valence-electron chi connectivity index (χ0n) is 17.3. The van der Waals surface area contributed by atoms with Gasteiger partial charge in [-0.25, -0.2) is 0 Å². The zero-order valence-corrected chi connectivity index (χ0v) is 19.4. The van der Waals surface area contributed by atoms with Gasteiger partial charge in [-0.15, -0.1) is 0 Å². The van der Waals surface area contributed by atoms with Crippen molar-refractivity contribution in [1.82, 2.24) is 0 Å². The number of rotatable bonds is 8. The summed E-state index contributed by atoms with van der Waals surface area (Å²) in [5, 5.41) is 0. The van der Waals surface area contributed by atoms with Crippen LogP contribution in [0, 0.1) is 5.92 Å². The van der Waals surface area contributed by atoms with Crippen molar-refractivity contribution in [2.24, 2.45) is 5.92 Å². The molecule has 0 radical (unpaired) electrons. The van der Waals surface area contributed by atoms with E-state index >= 15 is 0 Å². The molecule has 2 heteroatoms. The van der Waals surface area contributed by atoms with Gasteiger partial charge in [0.2, 0.25) is 0 Å². The molecule has 3 aromatic carbocycles. The van der Waals surface area contributed by atoms with Gasteiger partial charge in [-0.1, -0.05) is 139 Å². The molecule has 0 heterocycles. The number of hydrogen-bond acceptors (Lipinski definition) is 1. The van der Waals surface area contributed by atoms with Crippen molar-refractivity contribution >= 4 is 22.6 Å². The molecule has 1 aliphatic carbocycles. The fourth-order valence-electron chi connectivity index (χ4n) is 4.77. The van der Waals surface area contributed by atoms with E-state index in [4.69, 9.17) is 4.74 Å². The molecular formula is C28H29IO. The van der Waals surface area contributed by atoms with Crippen LogP contribution in [0.25, 0.3) is 0 Å². The van der Waals surface area contributed by atoms with Crippen LogP contribution in [0.15, 0.2) is 101 Å². The van der Waals surface area contributed by atoms with E-state index in [1.807, 2.05) is 0 Å². The average molecular weight is 508 g/mol. The molecule has 4 rings (SSSR count). The molecule has 1 fully saturated rings. The normalized spacial score (nSPS) is 16.2. The molecule has 1 aliphatic rings. The van der Waals surface area contributed by atoms with Crippen molar-refractivity contribution in [3.05, 3.63) is 118 Å². The molecule has 0 aromatic heterocycles. The highest BCUT2D eigenvalue weighted by Gasteiger charge is 2.39. The Kier molecular flexibility index (Phi) is 7.40. The van der Waals surface area contributed by atoms with E-state index in [2.05, 4.69) is 124 Å². The summed E-state index contributed by atoms with van der Waals surface area (Å²) >= 11 is 2.32. The second-order valence-corrected chi connectivity index (χ2v) is 8.86. The SMILES string of the molecule is I/C=C/C(CC1CCCC1)OC(c1ccccc1)(c1ccccc1)c1ccccc1. The highest BCUT2D eigenvalue weighted by molar-refractivity contribution is 14.1. The van der Waals surface area contributed by atoms with Gasteiger partial charge >= 0.3 is 0 Å². The van der Waals surface area contributed by atoms with Gasteiger partial charge in [0.05, 0.1) is 6.10 Å². The van der Waals surface area contributed by atoms with Crippen molar-refractivity contribution in [2.75, 3.05) is 0 Å². The second kappa shape index (κ2) is 10.4. The molecule has 0 amide bonds. The summed E-state index contributed by atoms with van der Waals surface area (Å²) in [4.78, 5) is 0. The van der Waals surface area contributed by atoms with Crippen LogP contribution >= 0.6 is 22.6 Å². The number of hydrogen-bond donors (Lipinski definition) is 0. The maximum atomic E-state index is 7.21. The summed E-state index contributed by atoms with van der Waals surface area (Å²) < 4.78 is 9.32. The van der Waals surface area contributed by atoms with Crippen molar-refractivity contribution in [3.8, 4) is 0 Å². The van der Waals surface area contributed by atoms with Gasteiger partial charge in [0.1, 0.15) is 5.60 Å². The summed E-state index contributed by atoms with van der Waals surface area (Å²) in [6.07, 6.45) is 8.73. The Morgan fingerprint density at radius 1 is 0.767 bits per heavy atom. The van der Waals surface area contributed by atoms with E-state index in [1.54, 1.807) is 0 Å². The predicted molar refractivity (Wildman–Crippen MR) is 134 cm³/mol. The molecule has 0 spiro atoms. The molecular weight excluding hydrogens is 479 g/mol. The van der Waals surface area contributed by atoms with Gasteiger partial charge in [-0.2, -0.15) is 0 Å². The van der Waals surface area contributed by atoms with Gasteiger partial charge in [0.25, 0.3) is 0 Å². The molecule has 3 aromatic rings. The Morgan fingerprint density at radius 3 is 1.60 bits per heavy atom. The van der Waals surface area contributed by atoms with E-state index in [0.717, 1.165) is 12.3 Å². The topological polar surface area (TPSA) is 9.23 Å². The zero-order chi connectivity index (χ0) is 20.7. The lowest BCUT2D eigenvalue weighted by atomic mass is 9.79. The number of ether oxygens (including phenoxy) is 1. The van der Waals surface area contributed by atoms with E-state index in [1.165, 1.54) is 42.4 Å². The van der Waals surface area contributed by atoms with Crippen molar-refractivity contribution in [2.45, 2.75) is 43.8 Å². The molecule has 1 atom stereocenters. The summed E-state index contributed by atoms with van der Waals surface area (Å²) in [6.45, 7) is 0. The molecule has 0 bridgehead atoms. The predicted octanol–water partition coefficient (Wildman–Crippen LogP) is 7.89. The summed E-state index contributed by atoms with van der Waals surface area (Å²) in [5.74, 6) is 0.752. The number of halogens is 1. The van der Waals surface area contributed by atoms with E-state index < -0.39 is 5.60 Å². The van der Waals surface area contributed by atoms with E-state index in [0.29, 0.717) is 0 Å². The van der Waals surface area contributed by atoms with Crippen LogP contribution in [0.5, 0.6) is 0 Å². The van der Waals surface area contributed by atoms with Crippen LogP contribution in [0.1, 0.15) is 48.8 Å². The summed E-state index contributed by atoms with van der Waals surface area (Å²) in [7, 11) is 0. The molecule has 0 aliphatic heterocycles. The minimum Gasteiger partial charge on any atom is -0.354 e. The molecule has 154 valence electrons. The Bertz CT molecular complexity index is 818. The molecule has 0 saturated heterocycles. The van der Waals surface area contributed by atoms with Crippen LogP contribution in [0.3, 0.4) is 0 Å². The van der Waals surface area contributed by atoms with Crippen LogP contribution < -0.4 is 0 Å². The molecule has 1 nitrogen and oxygen atoms in total. The third-order valence-electron chi connectivity index (χ3n) is 6.20. The maximum Gasteiger partial charge on any atom is 0.144 e. The van der Waals surface area contributed by atoms with Crippen LogP contribution in [0.4, 0.5) is 0 Å². The quantitative estimate of drug-likeness (QED) is 0.222. The fourth-order valence-corrected chi connectivity index (χ4v) is 5.23. The number of benzene rings is 3. The summed E-state index contributed by atoms with van der Waals surface area (Å²) in [5.41, 5.74) is 2.85. The van der Waals surface area contributed by atoms with Gasteiger partial charge in [0, 0.05) is 0 Å². The minimum absolute atomic E-state index is 0.0608. The van der Waals surface area contributed by atoms with E-state index in [9.17, 15) is 0 Å². The Labute approximate surface area is 194 Å². The van der Waals surface area contributed by atoms with Gasteiger partial charge < -0.3 is 4.74 Å². The van der Waals surface area contributed by atoms with Gasteiger partial charge in [-0.05, 0) is 39.2 Å². The standard InChI is InChI=1S/C28H29IO/c29-21-20-27(22-23-12-10-11-13-23)30-28(24-14-4-1-5-15-24,25-16-6-2-7-17-25)26-18-8-3-9-19-26/h1-9,14-21,23,27H,10-13,22H2/b21-20+.